The largest absolute Gasteiger partial charge is 0.364 e. The van der Waals surface area contributed by atoms with E-state index in [9.17, 15) is 0 Å². The Bertz CT molecular complexity index is 418. The van der Waals surface area contributed by atoms with Crippen LogP contribution in [0.3, 0.4) is 0 Å². The van der Waals surface area contributed by atoms with Crippen LogP contribution in [0.5, 0.6) is 0 Å². The Morgan fingerprint density at radius 3 is 2.75 bits per heavy atom. The van der Waals surface area contributed by atoms with Crippen LogP contribution in [0.25, 0.3) is 0 Å². The Kier molecular flexibility index (Phi) is 4.57. The summed E-state index contributed by atoms with van der Waals surface area (Å²) in [6.07, 6.45) is 1.85. The molecule has 0 unspecified atom stereocenters. The molecule has 0 radical (unpaired) electrons. The van der Waals surface area contributed by atoms with Crippen molar-refractivity contribution < 1.29 is 0 Å². The molecule has 2 nitrogen and oxygen atoms in total. The third-order valence-corrected chi connectivity index (χ3v) is 2.83. The van der Waals surface area contributed by atoms with Crippen molar-refractivity contribution in [1.82, 2.24) is 0 Å². The van der Waals surface area contributed by atoms with Gasteiger partial charge in [-0.15, -0.1) is 6.58 Å². The Labute approximate surface area is 105 Å². The van der Waals surface area contributed by atoms with Crippen molar-refractivity contribution in [3.05, 3.63) is 40.9 Å². The summed E-state index contributed by atoms with van der Waals surface area (Å²) in [7, 11) is 0. The lowest BCUT2D eigenvalue weighted by molar-refractivity contribution is 0.722. The molecule has 0 saturated carbocycles. The molecule has 3 heteroatoms. The smallest absolute Gasteiger partial charge is 0.101 e. The SMILES string of the molecule is C=CCN(c1ccc(Br)cc1C#N)C(C)C. The number of hydrogen-bond donors (Lipinski definition) is 0. The second-order valence-corrected chi connectivity index (χ2v) is 4.72. The zero-order valence-electron chi connectivity index (χ0n) is 9.57. The molecular weight excluding hydrogens is 264 g/mol. The second kappa shape index (κ2) is 5.72. The van der Waals surface area contributed by atoms with Gasteiger partial charge in [0.25, 0.3) is 0 Å². The van der Waals surface area contributed by atoms with E-state index in [1.165, 1.54) is 0 Å². The van der Waals surface area contributed by atoms with Gasteiger partial charge in [0.15, 0.2) is 0 Å². The quantitative estimate of drug-likeness (QED) is 0.785. The molecule has 0 aliphatic heterocycles. The van der Waals surface area contributed by atoms with Gasteiger partial charge < -0.3 is 4.90 Å². The van der Waals surface area contributed by atoms with Crippen molar-refractivity contribution in [2.75, 3.05) is 11.4 Å². The molecule has 0 N–H and O–H groups in total. The highest BCUT2D eigenvalue weighted by atomic mass is 79.9. The van der Waals surface area contributed by atoms with Crippen molar-refractivity contribution in [2.24, 2.45) is 0 Å². The van der Waals surface area contributed by atoms with Crippen LogP contribution in [0.2, 0.25) is 0 Å². The topological polar surface area (TPSA) is 27.0 Å². The first kappa shape index (κ1) is 12.8. The molecule has 84 valence electrons. The standard InChI is InChI=1S/C13H15BrN2/c1-4-7-16(10(2)3)13-6-5-12(14)8-11(13)9-15/h4-6,8,10H,1,7H2,2-3H3. The third kappa shape index (κ3) is 2.86. The van der Waals surface area contributed by atoms with Crippen LogP contribution in [0.4, 0.5) is 5.69 Å². The molecule has 0 aromatic heterocycles. The van der Waals surface area contributed by atoms with E-state index in [1.54, 1.807) is 0 Å². The fourth-order valence-corrected chi connectivity index (χ4v) is 1.94. The van der Waals surface area contributed by atoms with E-state index in [4.69, 9.17) is 5.26 Å². The van der Waals surface area contributed by atoms with Gasteiger partial charge in [-0.3, -0.25) is 0 Å². The highest BCUT2D eigenvalue weighted by Gasteiger charge is 2.13. The molecule has 1 rings (SSSR count). The van der Waals surface area contributed by atoms with Crippen LogP contribution in [-0.2, 0) is 0 Å². The molecule has 0 amide bonds. The number of nitriles is 1. The van der Waals surface area contributed by atoms with Gasteiger partial charge in [-0.2, -0.15) is 5.26 Å². The molecule has 0 bridgehead atoms. The van der Waals surface area contributed by atoms with E-state index in [1.807, 2.05) is 24.3 Å². The van der Waals surface area contributed by atoms with Crippen LogP contribution in [0, 0.1) is 11.3 Å². The zero-order chi connectivity index (χ0) is 12.1. The fourth-order valence-electron chi connectivity index (χ4n) is 1.57. The normalized spacial score (nSPS) is 9.94. The summed E-state index contributed by atoms with van der Waals surface area (Å²) in [5.41, 5.74) is 1.64. The predicted octanol–water partition coefficient (Wildman–Crippen LogP) is 3.72. The van der Waals surface area contributed by atoms with Gasteiger partial charge in [0.2, 0.25) is 0 Å². The number of nitrogens with zero attached hydrogens (tertiary/aromatic N) is 2. The van der Waals surface area contributed by atoms with Crippen molar-refractivity contribution >= 4 is 21.6 Å². The van der Waals surface area contributed by atoms with Crippen LogP contribution in [0.15, 0.2) is 35.3 Å². The minimum atomic E-state index is 0.339. The van der Waals surface area contributed by atoms with E-state index >= 15 is 0 Å². The number of anilines is 1. The molecule has 16 heavy (non-hydrogen) atoms. The maximum absolute atomic E-state index is 9.12. The van der Waals surface area contributed by atoms with Crippen molar-refractivity contribution in [2.45, 2.75) is 19.9 Å². The minimum Gasteiger partial charge on any atom is -0.364 e. The Balaban J connectivity index is 3.19. The predicted molar refractivity (Wildman–Crippen MR) is 71.5 cm³/mol. The van der Waals surface area contributed by atoms with Crippen LogP contribution in [0.1, 0.15) is 19.4 Å². The lowest BCUT2D eigenvalue weighted by Gasteiger charge is -2.28. The van der Waals surface area contributed by atoms with Crippen LogP contribution in [-0.4, -0.2) is 12.6 Å². The highest BCUT2D eigenvalue weighted by molar-refractivity contribution is 9.10. The Morgan fingerprint density at radius 2 is 2.25 bits per heavy atom. The van der Waals surface area contributed by atoms with Crippen LogP contribution < -0.4 is 4.90 Å². The molecule has 0 heterocycles. The van der Waals surface area contributed by atoms with Crippen LogP contribution >= 0.6 is 15.9 Å². The average Bonchev–Trinajstić information content (AvgIpc) is 2.26. The molecule has 1 aromatic rings. The van der Waals surface area contributed by atoms with Gasteiger partial charge in [0, 0.05) is 17.1 Å². The average molecular weight is 279 g/mol. The van der Waals surface area contributed by atoms with Gasteiger partial charge in [0.05, 0.1) is 11.3 Å². The van der Waals surface area contributed by atoms with Gasteiger partial charge in [0.1, 0.15) is 6.07 Å². The first-order valence-corrected chi connectivity index (χ1v) is 5.96. The van der Waals surface area contributed by atoms with E-state index in [-0.39, 0.29) is 0 Å². The van der Waals surface area contributed by atoms with E-state index in [2.05, 4.69) is 47.3 Å². The molecule has 0 aliphatic rings. The monoisotopic (exact) mass is 278 g/mol. The van der Waals surface area contributed by atoms with E-state index in [0.29, 0.717) is 11.6 Å². The summed E-state index contributed by atoms with van der Waals surface area (Å²) in [5.74, 6) is 0. The van der Waals surface area contributed by atoms with Gasteiger partial charge in [-0.05, 0) is 32.0 Å². The number of hydrogen-bond acceptors (Lipinski definition) is 2. The Morgan fingerprint density at radius 1 is 1.56 bits per heavy atom. The first-order valence-electron chi connectivity index (χ1n) is 5.17. The third-order valence-electron chi connectivity index (χ3n) is 2.34. The van der Waals surface area contributed by atoms with Crippen molar-refractivity contribution in [3.63, 3.8) is 0 Å². The molecule has 0 saturated heterocycles. The highest BCUT2D eigenvalue weighted by Crippen LogP contribution is 2.25. The van der Waals surface area contributed by atoms with Gasteiger partial charge >= 0.3 is 0 Å². The van der Waals surface area contributed by atoms with Gasteiger partial charge in [-0.25, -0.2) is 0 Å². The summed E-state index contributed by atoms with van der Waals surface area (Å²) >= 11 is 3.37. The lowest BCUT2D eigenvalue weighted by atomic mass is 10.1. The maximum Gasteiger partial charge on any atom is 0.101 e. The number of rotatable bonds is 4. The Hall–Kier alpha value is -1.27. The summed E-state index contributed by atoms with van der Waals surface area (Å²) in [4.78, 5) is 2.15. The summed E-state index contributed by atoms with van der Waals surface area (Å²) in [6.45, 7) is 8.70. The summed E-state index contributed by atoms with van der Waals surface area (Å²) < 4.78 is 0.926. The van der Waals surface area contributed by atoms with Crippen molar-refractivity contribution in [1.29, 1.82) is 5.26 Å². The molecule has 0 aliphatic carbocycles. The zero-order valence-corrected chi connectivity index (χ0v) is 11.2. The summed E-state index contributed by atoms with van der Waals surface area (Å²) in [6, 6.07) is 8.32. The van der Waals surface area contributed by atoms with E-state index in [0.717, 1.165) is 16.7 Å². The number of halogens is 1. The molecule has 0 fully saturated rings. The first-order chi connectivity index (χ1) is 7.60. The molecule has 1 aromatic carbocycles. The molecule has 0 spiro atoms. The fraction of sp³-hybridized carbons (Fsp3) is 0.308. The lowest BCUT2D eigenvalue weighted by Crippen LogP contribution is -2.31. The second-order valence-electron chi connectivity index (χ2n) is 3.81. The van der Waals surface area contributed by atoms with Gasteiger partial charge in [-0.1, -0.05) is 22.0 Å². The van der Waals surface area contributed by atoms with E-state index < -0.39 is 0 Å². The summed E-state index contributed by atoms with van der Waals surface area (Å²) in [5, 5.41) is 9.12. The molecule has 0 atom stereocenters. The minimum absolute atomic E-state index is 0.339. The number of benzene rings is 1. The maximum atomic E-state index is 9.12. The molecular formula is C13H15BrN2. The van der Waals surface area contributed by atoms with Crippen molar-refractivity contribution in [3.8, 4) is 6.07 Å².